The molecule has 0 radical (unpaired) electrons. The maximum Gasteiger partial charge on any atom is 0.0547 e. The summed E-state index contributed by atoms with van der Waals surface area (Å²) in [6, 6.07) is 6.25. The highest BCUT2D eigenvalue weighted by molar-refractivity contribution is 5.10. The van der Waals surface area contributed by atoms with Crippen molar-refractivity contribution in [3.8, 4) is 0 Å². The Hall–Kier alpha value is -0.930. The second kappa shape index (κ2) is 9.16. The number of hydrogen-bond acceptors (Lipinski definition) is 3. The van der Waals surface area contributed by atoms with E-state index in [1.165, 1.54) is 32.1 Å². The Morgan fingerprint density at radius 2 is 1.95 bits per heavy atom. The molecule has 1 aromatic rings. The van der Waals surface area contributed by atoms with Crippen LogP contribution in [0.1, 0.15) is 64.3 Å². The Bertz CT molecular complexity index is 405. The van der Waals surface area contributed by atoms with Gasteiger partial charge in [-0.3, -0.25) is 9.88 Å². The zero-order valence-electron chi connectivity index (χ0n) is 14.4. The van der Waals surface area contributed by atoms with E-state index in [0.717, 1.165) is 24.5 Å². The fraction of sp³-hybridized carbons (Fsp3) is 0.722. The fourth-order valence-corrected chi connectivity index (χ4v) is 2.89. The van der Waals surface area contributed by atoms with Crippen molar-refractivity contribution in [2.45, 2.75) is 71.9 Å². The van der Waals surface area contributed by atoms with Crippen molar-refractivity contribution in [3.05, 3.63) is 29.6 Å². The molecule has 0 amide bonds. The van der Waals surface area contributed by atoms with Crippen LogP contribution in [-0.4, -0.2) is 28.5 Å². The zero-order valence-corrected chi connectivity index (χ0v) is 14.4. The third-order valence-electron chi connectivity index (χ3n) is 4.45. The van der Waals surface area contributed by atoms with Gasteiger partial charge in [-0.2, -0.15) is 0 Å². The number of aryl methyl sites for hydroxylation is 1. The van der Waals surface area contributed by atoms with Gasteiger partial charge in [0.1, 0.15) is 0 Å². The molecule has 1 aromatic heterocycles. The highest BCUT2D eigenvalue weighted by atomic mass is 15.2. The molecule has 1 heterocycles. The monoisotopic (exact) mass is 291 g/mol. The molecule has 120 valence electrons. The average Bonchev–Trinajstić information content (AvgIpc) is 2.49. The predicted molar refractivity (Wildman–Crippen MR) is 91.3 cm³/mol. The molecule has 0 spiro atoms. The van der Waals surface area contributed by atoms with Crippen molar-refractivity contribution in [2.24, 2.45) is 5.73 Å². The molecule has 0 aliphatic heterocycles. The molecule has 1 unspecified atom stereocenters. The Morgan fingerprint density at radius 1 is 1.19 bits per heavy atom. The number of pyridine rings is 1. The number of hydrogen-bond donors (Lipinski definition) is 1. The summed E-state index contributed by atoms with van der Waals surface area (Å²) in [7, 11) is 0. The first kappa shape index (κ1) is 18.1. The molecule has 0 aliphatic carbocycles. The maximum atomic E-state index is 6.12. The van der Waals surface area contributed by atoms with Crippen molar-refractivity contribution >= 4 is 0 Å². The van der Waals surface area contributed by atoms with Crippen LogP contribution in [0.4, 0.5) is 0 Å². The van der Waals surface area contributed by atoms with Crippen LogP contribution in [0.3, 0.4) is 0 Å². The van der Waals surface area contributed by atoms with E-state index in [9.17, 15) is 0 Å². The third kappa shape index (κ3) is 5.76. The largest absolute Gasteiger partial charge is 0.329 e. The Morgan fingerprint density at radius 3 is 2.52 bits per heavy atom. The highest BCUT2D eigenvalue weighted by Gasteiger charge is 2.29. The number of nitrogens with zero attached hydrogens (tertiary/aromatic N) is 2. The molecule has 3 nitrogen and oxygen atoms in total. The van der Waals surface area contributed by atoms with Gasteiger partial charge in [0.15, 0.2) is 0 Å². The van der Waals surface area contributed by atoms with E-state index in [2.05, 4.69) is 42.8 Å². The molecular formula is C18H33N3. The van der Waals surface area contributed by atoms with E-state index in [0.29, 0.717) is 6.54 Å². The van der Waals surface area contributed by atoms with Gasteiger partial charge < -0.3 is 5.73 Å². The maximum absolute atomic E-state index is 6.12. The molecule has 3 heteroatoms. The summed E-state index contributed by atoms with van der Waals surface area (Å²) < 4.78 is 0. The van der Waals surface area contributed by atoms with E-state index in [4.69, 9.17) is 5.73 Å². The van der Waals surface area contributed by atoms with Crippen molar-refractivity contribution in [1.82, 2.24) is 9.88 Å². The molecule has 1 atom stereocenters. The van der Waals surface area contributed by atoms with Gasteiger partial charge in [-0.1, -0.05) is 45.6 Å². The van der Waals surface area contributed by atoms with Gasteiger partial charge in [0.05, 0.1) is 5.69 Å². The molecule has 0 saturated heterocycles. The number of likely N-dealkylation sites (N-methyl/N-ethyl adjacent to an activating group) is 1. The van der Waals surface area contributed by atoms with Crippen LogP contribution in [0.5, 0.6) is 0 Å². The van der Waals surface area contributed by atoms with Gasteiger partial charge in [0.2, 0.25) is 0 Å². The lowest BCUT2D eigenvalue weighted by atomic mass is 9.91. The second-order valence-electron chi connectivity index (χ2n) is 6.30. The van der Waals surface area contributed by atoms with Crippen LogP contribution in [0, 0.1) is 6.92 Å². The fourth-order valence-electron chi connectivity index (χ4n) is 2.89. The summed E-state index contributed by atoms with van der Waals surface area (Å²) >= 11 is 0. The van der Waals surface area contributed by atoms with Gasteiger partial charge in [-0.15, -0.1) is 0 Å². The Balaban J connectivity index is 2.69. The topological polar surface area (TPSA) is 42.1 Å². The Labute approximate surface area is 130 Å². The minimum atomic E-state index is 0.0773. The summed E-state index contributed by atoms with van der Waals surface area (Å²) in [6.07, 6.45) is 6.35. The number of rotatable bonds is 10. The minimum Gasteiger partial charge on any atom is -0.329 e. The molecule has 0 saturated carbocycles. The normalized spacial score (nSPS) is 14.4. The predicted octanol–water partition coefficient (Wildman–Crippen LogP) is 3.90. The van der Waals surface area contributed by atoms with Gasteiger partial charge in [0, 0.05) is 24.3 Å². The first-order chi connectivity index (χ1) is 10.1. The molecule has 21 heavy (non-hydrogen) atoms. The van der Waals surface area contributed by atoms with E-state index in [1.54, 1.807) is 0 Å². The number of unbranched alkanes of at least 4 members (excludes halogenated alkanes) is 3. The quantitative estimate of drug-likeness (QED) is 0.665. The lowest BCUT2D eigenvalue weighted by Gasteiger charge is -2.40. The summed E-state index contributed by atoms with van der Waals surface area (Å²) in [5.74, 6) is 0. The molecule has 0 fully saturated rings. The van der Waals surface area contributed by atoms with E-state index in [-0.39, 0.29) is 5.54 Å². The number of aromatic nitrogens is 1. The van der Waals surface area contributed by atoms with E-state index >= 15 is 0 Å². The van der Waals surface area contributed by atoms with Crippen LogP contribution in [0.15, 0.2) is 18.2 Å². The van der Waals surface area contributed by atoms with Gasteiger partial charge in [-0.05, 0) is 38.9 Å². The van der Waals surface area contributed by atoms with Crippen LogP contribution in [0.25, 0.3) is 0 Å². The first-order valence-electron chi connectivity index (χ1n) is 8.43. The van der Waals surface area contributed by atoms with Crippen LogP contribution >= 0.6 is 0 Å². The summed E-state index contributed by atoms with van der Waals surface area (Å²) in [5, 5.41) is 0. The number of nitrogens with two attached hydrogens (primary N) is 1. The smallest absolute Gasteiger partial charge is 0.0547 e. The molecule has 0 aromatic carbocycles. The molecule has 0 bridgehead atoms. The van der Waals surface area contributed by atoms with Crippen molar-refractivity contribution in [3.63, 3.8) is 0 Å². The van der Waals surface area contributed by atoms with Crippen molar-refractivity contribution in [2.75, 3.05) is 13.1 Å². The minimum absolute atomic E-state index is 0.0773. The van der Waals surface area contributed by atoms with E-state index < -0.39 is 0 Å². The summed E-state index contributed by atoms with van der Waals surface area (Å²) in [5.41, 5.74) is 8.42. The molecule has 0 aliphatic rings. The lowest BCUT2D eigenvalue weighted by Crippen LogP contribution is -2.51. The van der Waals surface area contributed by atoms with Crippen LogP contribution < -0.4 is 5.73 Å². The van der Waals surface area contributed by atoms with Crippen LogP contribution in [0.2, 0.25) is 0 Å². The SMILES string of the molecule is CCCCCCC(C)(CN)N(CC)Cc1cccc(C)n1. The van der Waals surface area contributed by atoms with E-state index in [1.807, 2.05) is 13.0 Å². The molecule has 1 rings (SSSR count). The first-order valence-corrected chi connectivity index (χ1v) is 8.43. The van der Waals surface area contributed by atoms with Crippen molar-refractivity contribution < 1.29 is 0 Å². The van der Waals surface area contributed by atoms with Crippen LogP contribution in [-0.2, 0) is 6.54 Å². The van der Waals surface area contributed by atoms with Crippen molar-refractivity contribution in [1.29, 1.82) is 0 Å². The average molecular weight is 291 g/mol. The molecular weight excluding hydrogens is 258 g/mol. The van der Waals surface area contributed by atoms with Gasteiger partial charge in [0.25, 0.3) is 0 Å². The third-order valence-corrected chi connectivity index (χ3v) is 4.45. The summed E-state index contributed by atoms with van der Waals surface area (Å²) in [6.45, 7) is 11.4. The lowest BCUT2D eigenvalue weighted by molar-refractivity contribution is 0.0950. The summed E-state index contributed by atoms with van der Waals surface area (Å²) in [4.78, 5) is 7.12. The van der Waals surface area contributed by atoms with Gasteiger partial charge in [-0.25, -0.2) is 0 Å². The van der Waals surface area contributed by atoms with Gasteiger partial charge >= 0.3 is 0 Å². The highest BCUT2D eigenvalue weighted by Crippen LogP contribution is 2.23. The molecule has 2 N–H and O–H groups in total. The zero-order chi connectivity index (χ0) is 15.7. The second-order valence-corrected chi connectivity index (χ2v) is 6.30. The Kier molecular flexibility index (Phi) is 7.91. The standard InChI is InChI=1S/C18H33N3/c1-5-7-8-9-13-18(4,15-19)21(6-2)14-17-12-10-11-16(3)20-17/h10-12H,5-9,13-15,19H2,1-4H3.